The van der Waals surface area contributed by atoms with E-state index in [1.165, 1.54) is 13.7 Å². The van der Waals surface area contributed by atoms with Crippen LogP contribution in [0, 0.1) is 3.57 Å². The van der Waals surface area contributed by atoms with Crippen LogP contribution in [0.4, 0.5) is 0 Å². The molecule has 0 N–H and O–H groups in total. The van der Waals surface area contributed by atoms with E-state index in [9.17, 15) is 0 Å². The average Bonchev–Trinajstić information content (AvgIpc) is 2.60. The first-order valence-electron chi connectivity index (χ1n) is 3.63. The van der Waals surface area contributed by atoms with Crippen LogP contribution in [0.15, 0.2) is 22.0 Å². The average molecular weight is 369 g/mol. The van der Waals surface area contributed by atoms with E-state index in [4.69, 9.17) is 4.74 Å². The molecular weight excluding hydrogens is 363 g/mol. The van der Waals surface area contributed by atoms with E-state index >= 15 is 0 Å². The van der Waals surface area contributed by atoms with Gasteiger partial charge in [0.05, 0.1) is 11.6 Å². The summed E-state index contributed by atoms with van der Waals surface area (Å²) < 4.78 is 8.86. The van der Waals surface area contributed by atoms with E-state index in [1.54, 1.807) is 18.4 Å². The Morgan fingerprint density at radius 1 is 1.54 bits per heavy atom. The third-order valence-electron chi connectivity index (χ3n) is 1.81. The normalized spacial score (nSPS) is 10.7. The molecule has 0 fully saturated rings. The Balaban J connectivity index is 2.85. The van der Waals surface area contributed by atoms with E-state index in [-0.39, 0.29) is 0 Å². The first-order chi connectivity index (χ1) is 6.24. The van der Waals surface area contributed by atoms with Crippen molar-refractivity contribution < 1.29 is 4.74 Å². The van der Waals surface area contributed by atoms with Crippen LogP contribution in [-0.4, -0.2) is 7.11 Å². The Bertz CT molecular complexity index is 452. The highest BCUT2D eigenvalue weighted by Crippen LogP contribution is 2.38. The standard InChI is InChI=1S/C9H6BrIOS/c1-12-7-4-6(11)9-5(8(7)10)2-3-13-9/h2-4H,1H3. The number of hydrogen-bond acceptors (Lipinski definition) is 2. The summed E-state index contributed by atoms with van der Waals surface area (Å²) in [5.74, 6) is 0.898. The van der Waals surface area contributed by atoms with Gasteiger partial charge in [0, 0.05) is 13.7 Å². The van der Waals surface area contributed by atoms with Crippen molar-refractivity contribution in [1.29, 1.82) is 0 Å². The fourth-order valence-electron chi connectivity index (χ4n) is 1.19. The van der Waals surface area contributed by atoms with Crippen LogP contribution in [0.2, 0.25) is 0 Å². The summed E-state index contributed by atoms with van der Waals surface area (Å²) in [4.78, 5) is 0. The Morgan fingerprint density at radius 2 is 2.31 bits per heavy atom. The maximum atomic E-state index is 5.26. The molecular formula is C9H6BrIOS. The number of fused-ring (bicyclic) bond motifs is 1. The highest BCUT2D eigenvalue weighted by atomic mass is 127. The van der Waals surface area contributed by atoms with Crippen LogP contribution in [-0.2, 0) is 0 Å². The zero-order valence-electron chi connectivity index (χ0n) is 6.80. The van der Waals surface area contributed by atoms with Crippen LogP contribution < -0.4 is 4.74 Å². The van der Waals surface area contributed by atoms with Gasteiger partial charge in [-0.1, -0.05) is 0 Å². The molecule has 0 aliphatic rings. The van der Waals surface area contributed by atoms with Gasteiger partial charge in [0.2, 0.25) is 0 Å². The summed E-state index contributed by atoms with van der Waals surface area (Å²) in [6.07, 6.45) is 0. The van der Waals surface area contributed by atoms with E-state index in [2.05, 4.69) is 50.0 Å². The van der Waals surface area contributed by atoms with Crippen molar-refractivity contribution >= 4 is 59.9 Å². The molecule has 1 nitrogen and oxygen atoms in total. The summed E-state index contributed by atoms with van der Waals surface area (Å²) in [6, 6.07) is 4.15. The van der Waals surface area contributed by atoms with Crippen molar-refractivity contribution in [3.8, 4) is 5.75 Å². The second kappa shape index (κ2) is 3.74. The molecule has 0 bridgehead atoms. The van der Waals surface area contributed by atoms with Gasteiger partial charge >= 0.3 is 0 Å². The predicted molar refractivity (Wildman–Crippen MR) is 68.8 cm³/mol. The molecule has 68 valence electrons. The second-order valence-electron chi connectivity index (χ2n) is 2.54. The molecule has 2 rings (SSSR count). The molecule has 1 heterocycles. The molecule has 0 spiro atoms. The van der Waals surface area contributed by atoms with Crippen molar-refractivity contribution in [2.45, 2.75) is 0 Å². The molecule has 0 aliphatic heterocycles. The zero-order valence-corrected chi connectivity index (χ0v) is 11.4. The lowest BCUT2D eigenvalue weighted by Gasteiger charge is -2.05. The largest absolute Gasteiger partial charge is 0.496 e. The number of hydrogen-bond donors (Lipinski definition) is 0. The Hall–Kier alpha value is 0.190. The third kappa shape index (κ3) is 1.59. The minimum absolute atomic E-state index is 0.898. The fraction of sp³-hybridized carbons (Fsp3) is 0.111. The fourth-order valence-corrected chi connectivity index (χ4v) is 3.69. The summed E-state index contributed by atoms with van der Waals surface area (Å²) in [6.45, 7) is 0. The highest BCUT2D eigenvalue weighted by Gasteiger charge is 2.09. The van der Waals surface area contributed by atoms with Crippen LogP contribution in [0.1, 0.15) is 0 Å². The molecule has 1 aromatic heterocycles. The number of ether oxygens (including phenoxy) is 1. The van der Waals surface area contributed by atoms with Gasteiger partial charge < -0.3 is 4.74 Å². The SMILES string of the molecule is COc1cc(I)c2sccc2c1Br. The third-order valence-corrected chi connectivity index (χ3v) is 4.80. The van der Waals surface area contributed by atoms with Crippen molar-refractivity contribution in [2.75, 3.05) is 7.11 Å². The van der Waals surface area contributed by atoms with Gasteiger partial charge in [0.25, 0.3) is 0 Å². The highest BCUT2D eigenvalue weighted by molar-refractivity contribution is 14.1. The number of methoxy groups -OCH3 is 1. The molecule has 0 saturated heterocycles. The summed E-state index contributed by atoms with van der Waals surface area (Å²) in [5.41, 5.74) is 0. The molecule has 2 aromatic rings. The van der Waals surface area contributed by atoms with E-state index < -0.39 is 0 Å². The Labute approximate surface area is 102 Å². The van der Waals surface area contributed by atoms with E-state index in [1.807, 2.05) is 6.07 Å². The minimum atomic E-state index is 0.898. The number of halogens is 2. The van der Waals surface area contributed by atoms with Crippen LogP contribution >= 0.6 is 49.9 Å². The molecule has 0 amide bonds. The molecule has 0 saturated carbocycles. The van der Waals surface area contributed by atoms with Crippen LogP contribution in [0.25, 0.3) is 10.1 Å². The second-order valence-corrected chi connectivity index (χ2v) is 5.41. The first kappa shape index (κ1) is 9.73. The monoisotopic (exact) mass is 368 g/mol. The summed E-state index contributed by atoms with van der Waals surface area (Å²) in [7, 11) is 1.69. The number of benzene rings is 1. The molecule has 0 unspecified atom stereocenters. The van der Waals surface area contributed by atoms with Crippen molar-refractivity contribution in [1.82, 2.24) is 0 Å². The molecule has 1 aromatic carbocycles. The smallest absolute Gasteiger partial charge is 0.134 e. The van der Waals surface area contributed by atoms with Gasteiger partial charge in [-0.25, -0.2) is 0 Å². The first-order valence-corrected chi connectivity index (χ1v) is 6.38. The van der Waals surface area contributed by atoms with Gasteiger partial charge in [0.15, 0.2) is 0 Å². The van der Waals surface area contributed by atoms with Gasteiger partial charge in [-0.15, -0.1) is 11.3 Å². The van der Waals surface area contributed by atoms with Crippen molar-refractivity contribution in [3.05, 3.63) is 25.6 Å². The number of thiophene rings is 1. The zero-order chi connectivity index (χ0) is 9.42. The predicted octanol–water partition coefficient (Wildman–Crippen LogP) is 4.28. The topological polar surface area (TPSA) is 9.23 Å². The van der Waals surface area contributed by atoms with Gasteiger partial charge in [-0.3, -0.25) is 0 Å². The number of rotatable bonds is 1. The van der Waals surface area contributed by atoms with E-state index in [0.717, 1.165) is 10.2 Å². The minimum Gasteiger partial charge on any atom is -0.496 e. The lowest BCUT2D eigenvalue weighted by molar-refractivity contribution is 0.412. The van der Waals surface area contributed by atoms with Gasteiger partial charge in [-0.2, -0.15) is 0 Å². The summed E-state index contributed by atoms with van der Waals surface area (Å²) >= 11 is 7.62. The quantitative estimate of drug-likeness (QED) is 0.683. The molecule has 13 heavy (non-hydrogen) atoms. The van der Waals surface area contributed by atoms with Crippen LogP contribution in [0.5, 0.6) is 5.75 Å². The lowest BCUT2D eigenvalue weighted by Crippen LogP contribution is -1.85. The van der Waals surface area contributed by atoms with Gasteiger partial charge in [-0.05, 0) is 56.0 Å². The van der Waals surface area contributed by atoms with E-state index in [0.29, 0.717) is 0 Å². The van der Waals surface area contributed by atoms with Gasteiger partial charge in [0.1, 0.15) is 5.75 Å². The van der Waals surface area contributed by atoms with Crippen LogP contribution in [0.3, 0.4) is 0 Å². The Kier molecular flexibility index (Phi) is 2.80. The molecule has 0 radical (unpaired) electrons. The summed E-state index contributed by atoms with van der Waals surface area (Å²) in [5, 5.41) is 3.32. The molecule has 0 aliphatic carbocycles. The van der Waals surface area contributed by atoms with Crippen molar-refractivity contribution in [2.24, 2.45) is 0 Å². The Morgan fingerprint density at radius 3 is 3.00 bits per heavy atom. The molecule has 0 atom stereocenters. The van der Waals surface area contributed by atoms with Crippen molar-refractivity contribution in [3.63, 3.8) is 0 Å². The maximum absolute atomic E-state index is 5.26. The molecule has 4 heteroatoms. The maximum Gasteiger partial charge on any atom is 0.134 e. The lowest BCUT2D eigenvalue weighted by atomic mass is 10.2.